The zero-order valence-corrected chi connectivity index (χ0v) is 12.8. The number of ether oxygens (including phenoxy) is 1. The molecular formula is C15H15ClN4O. The molecule has 0 spiro atoms. The largest absolute Gasteiger partial charge is 0.495 e. The molecule has 5 nitrogen and oxygen atoms in total. The average Bonchev–Trinajstić information content (AvgIpc) is 2.85. The Hall–Kier alpha value is -2.27. The molecule has 1 aromatic carbocycles. The van der Waals surface area contributed by atoms with E-state index in [1.807, 2.05) is 36.9 Å². The van der Waals surface area contributed by atoms with Gasteiger partial charge >= 0.3 is 0 Å². The number of methoxy groups -OCH3 is 1. The molecule has 0 aliphatic heterocycles. The fraction of sp³-hybridized carbons (Fsp3) is 0.200. The minimum Gasteiger partial charge on any atom is -0.495 e. The lowest BCUT2D eigenvalue weighted by atomic mass is 10.2. The van der Waals surface area contributed by atoms with Gasteiger partial charge in [0.2, 0.25) is 0 Å². The molecule has 0 amide bonds. The summed E-state index contributed by atoms with van der Waals surface area (Å²) in [6.07, 6.45) is 3.49. The van der Waals surface area contributed by atoms with Crippen molar-refractivity contribution in [2.45, 2.75) is 6.92 Å². The predicted molar refractivity (Wildman–Crippen MR) is 84.5 cm³/mol. The molecule has 0 atom stereocenters. The topological polar surface area (TPSA) is 52.0 Å². The van der Waals surface area contributed by atoms with Crippen LogP contribution in [0.2, 0.25) is 5.02 Å². The van der Waals surface area contributed by atoms with Crippen LogP contribution in [0.4, 0.5) is 11.5 Å². The highest BCUT2D eigenvalue weighted by Crippen LogP contribution is 2.34. The summed E-state index contributed by atoms with van der Waals surface area (Å²) in [6.45, 7) is 1.95. The van der Waals surface area contributed by atoms with Gasteiger partial charge in [-0.25, -0.2) is 9.97 Å². The van der Waals surface area contributed by atoms with Crippen molar-refractivity contribution in [2.24, 2.45) is 7.05 Å². The monoisotopic (exact) mass is 302 g/mol. The van der Waals surface area contributed by atoms with E-state index in [9.17, 15) is 0 Å². The maximum atomic E-state index is 6.13. The summed E-state index contributed by atoms with van der Waals surface area (Å²) in [5.74, 6) is 1.41. The quantitative estimate of drug-likeness (QED) is 0.802. The molecular weight excluding hydrogens is 288 g/mol. The molecule has 0 aliphatic carbocycles. The highest BCUT2D eigenvalue weighted by Gasteiger charge is 2.11. The van der Waals surface area contributed by atoms with Gasteiger partial charge in [-0.3, -0.25) is 0 Å². The van der Waals surface area contributed by atoms with Crippen LogP contribution in [-0.4, -0.2) is 21.6 Å². The lowest BCUT2D eigenvalue weighted by Crippen LogP contribution is -1.99. The Morgan fingerprint density at radius 1 is 1.29 bits per heavy atom. The first-order chi connectivity index (χ1) is 10.1. The van der Waals surface area contributed by atoms with E-state index in [-0.39, 0.29) is 0 Å². The van der Waals surface area contributed by atoms with Gasteiger partial charge in [-0.15, -0.1) is 0 Å². The smallest absolute Gasteiger partial charge is 0.145 e. The summed E-state index contributed by atoms with van der Waals surface area (Å²) < 4.78 is 7.33. The van der Waals surface area contributed by atoms with Crippen molar-refractivity contribution >= 4 is 34.1 Å². The Kier molecular flexibility index (Phi) is 3.43. The van der Waals surface area contributed by atoms with Crippen LogP contribution in [0.1, 0.15) is 5.56 Å². The molecule has 2 aromatic heterocycles. The lowest BCUT2D eigenvalue weighted by Gasteiger charge is -2.13. The third-order valence-corrected chi connectivity index (χ3v) is 3.80. The highest BCUT2D eigenvalue weighted by molar-refractivity contribution is 6.31. The Balaban J connectivity index is 2.08. The summed E-state index contributed by atoms with van der Waals surface area (Å²) in [5.41, 5.74) is 2.67. The van der Waals surface area contributed by atoms with E-state index in [0.29, 0.717) is 10.8 Å². The van der Waals surface area contributed by atoms with Crippen molar-refractivity contribution in [2.75, 3.05) is 12.4 Å². The van der Waals surface area contributed by atoms with Gasteiger partial charge < -0.3 is 14.6 Å². The van der Waals surface area contributed by atoms with Gasteiger partial charge in [0, 0.05) is 24.3 Å². The van der Waals surface area contributed by atoms with Crippen LogP contribution in [0.3, 0.4) is 0 Å². The predicted octanol–water partition coefficient (Wildman–Crippen LogP) is 3.68. The fourth-order valence-corrected chi connectivity index (χ4v) is 2.39. The maximum absolute atomic E-state index is 6.13. The molecule has 0 fully saturated rings. The van der Waals surface area contributed by atoms with Crippen LogP contribution in [0.25, 0.3) is 11.0 Å². The van der Waals surface area contributed by atoms with E-state index in [1.54, 1.807) is 19.5 Å². The number of rotatable bonds is 3. The van der Waals surface area contributed by atoms with Crippen molar-refractivity contribution in [3.8, 4) is 5.75 Å². The lowest BCUT2D eigenvalue weighted by molar-refractivity contribution is 0.416. The number of halogens is 1. The Labute approximate surface area is 127 Å². The van der Waals surface area contributed by atoms with Gasteiger partial charge in [-0.05, 0) is 24.6 Å². The van der Waals surface area contributed by atoms with Gasteiger partial charge in [-0.1, -0.05) is 11.6 Å². The normalized spacial score (nSPS) is 10.9. The SMILES string of the molecule is COc1cc(Cl)c(C)cc1Nc1ncnc2c1ccn2C. The number of nitrogens with zero attached hydrogens (tertiary/aromatic N) is 3. The first-order valence-electron chi connectivity index (χ1n) is 6.47. The first-order valence-corrected chi connectivity index (χ1v) is 6.85. The summed E-state index contributed by atoms with van der Waals surface area (Å²) in [6, 6.07) is 5.72. The molecule has 0 aliphatic rings. The molecule has 1 N–H and O–H groups in total. The fourth-order valence-electron chi connectivity index (χ4n) is 2.23. The molecule has 21 heavy (non-hydrogen) atoms. The number of anilines is 2. The van der Waals surface area contributed by atoms with Crippen molar-refractivity contribution in [1.82, 2.24) is 14.5 Å². The standard InChI is InChI=1S/C15H15ClN4O/c1-9-6-12(13(21-3)7-11(9)16)19-14-10-4-5-20(2)15(10)18-8-17-14/h4-8H,1-3H3,(H,17,18,19). The number of nitrogens with one attached hydrogen (secondary N) is 1. The zero-order chi connectivity index (χ0) is 15.0. The number of benzene rings is 1. The molecule has 0 saturated heterocycles. The van der Waals surface area contributed by atoms with Crippen LogP contribution < -0.4 is 10.1 Å². The van der Waals surface area contributed by atoms with E-state index in [2.05, 4.69) is 15.3 Å². The van der Waals surface area contributed by atoms with Crippen LogP contribution in [0.5, 0.6) is 5.75 Å². The van der Waals surface area contributed by atoms with Gasteiger partial charge in [0.25, 0.3) is 0 Å². The number of aromatic nitrogens is 3. The minimum atomic E-state index is 0.671. The van der Waals surface area contributed by atoms with Gasteiger partial charge in [0.1, 0.15) is 23.5 Å². The highest BCUT2D eigenvalue weighted by atomic mass is 35.5. The number of aryl methyl sites for hydroxylation is 2. The third-order valence-electron chi connectivity index (χ3n) is 3.40. The molecule has 3 rings (SSSR count). The summed E-state index contributed by atoms with van der Waals surface area (Å²) in [4.78, 5) is 8.60. The van der Waals surface area contributed by atoms with Crippen molar-refractivity contribution < 1.29 is 4.74 Å². The van der Waals surface area contributed by atoms with E-state index in [0.717, 1.165) is 28.1 Å². The number of fused-ring (bicyclic) bond motifs is 1. The summed E-state index contributed by atoms with van der Waals surface area (Å²) >= 11 is 6.13. The van der Waals surface area contributed by atoms with Crippen LogP contribution in [0, 0.1) is 6.92 Å². The van der Waals surface area contributed by atoms with E-state index in [4.69, 9.17) is 16.3 Å². The molecule has 6 heteroatoms. The zero-order valence-electron chi connectivity index (χ0n) is 12.0. The summed E-state index contributed by atoms with van der Waals surface area (Å²) in [5, 5.41) is 4.92. The van der Waals surface area contributed by atoms with Gasteiger partial charge in [-0.2, -0.15) is 0 Å². The molecule has 2 heterocycles. The van der Waals surface area contributed by atoms with Gasteiger partial charge in [0.05, 0.1) is 18.2 Å². The summed E-state index contributed by atoms with van der Waals surface area (Å²) in [7, 11) is 3.57. The van der Waals surface area contributed by atoms with Crippen molar-refractivity contribution in [1.29, 1.82) is 0 Å². The Morgan fingerprint density at radius 2 is 2.10 bits per heavy atom. The van der Waals surface area contributed by atoms with E-state index < -0.39 is 0 Å². The van der Waals surface area contributed by atoms with E-state index >= 15 is 0 Å². The van der Waals surface area contributed by atoms with Crippen LogP contribution in [0.15, 0.2) is 30.7 Å². The second-order valence-electron chi connectivity index (χ2n) is 4.81. The van der Waals surface area contributed by atoms with Gasteiger partial charge in [0.15, 0.2) is 0 Å². The second-order valence-corrected chi connectivity index (χ2v) is 5.22. The molecule has 3 aromatic rings. The second kappa shape index (κ2) is 5.26. The number of hydrogen-bond donors (Lipinski definition) is 1. The molecule has 108 valence electrons. The Bertz CT molecular complexity index is 813. The molecule has 0 radical (unpaired) electrons. The van der Waals surface area contributed by atoms with E-state index in [1.165, 1.54) is 0 Å². The van der Waals surface area contributed by atoms with Crippen LogP contribution in [-0.2, 0) is 7.05 Å². The molecule has 0 bridgehead atoms. The maximum Gasteiger partial charge on any atom is 0.145 e. The number of hydrogen-bond acceptors (Lipinski definition) is 4. The Morgan fingerprint density at radius 3 is 2.86 bits per heavy atom. The average molecular weight is 303 g/mol. The molecule has 0 saturated carbocycles. The van der Waals surface area contributed by atoms with Crippen molar-refractivity contribution in [3.05, 3.63) is 41.3 Å². The van der Waals surface area contributed by atoms with Crippen molar-refractivity contribution in [3.63, 3.8) is 0 Å². The molecule has 0 unspecified atom stereocenters. The third kappa shape index (κ3) is 2.40. The first kappa shape index (κ1) is 13.7. The van der Waals surface area contributed by atoms with Crippen LogP contribution >= 0.6 is 11.6 Å². The minimum absolute atomic E-state index is 0.671.